The Kier molecular flexibility index (Phi) is 3.04. The minimum Gasteiger partial charge on any atom is -0.365 e. The molecule has 5 rings (SSSR count). The lowest BCUT2D eigenvalue weighted by Crippen LogP contribution is -2.30. The van der Waals surface area contributed by atoms with E-state index < -0.39 is 0 Å². The third-order valence-corrected chi connectivity index (χ3v) is 4.77. The molecule has 4 heteroatoms. The van der Waals surface area contributed by atoms with Crippen LogP contribution in [0.25, 0.3) is 28.0 Å². The zero-order valence-corrected chi connectivity index (χ0v) is 13.5. The molecule has 1 aliphatic rings. The first-order valence-electron chi connectivity index (χ1n) is 8.29. The summed E-state index contributed by atoms with van der Waals surface area (Å²) in [6.45, 7) is 1.09. The zero-order valence-electron chi connectivity index (χ0n) is 13.5. The van der Waals surface area contributed by atoms with Crippen LogP contribution < -0.4 is 5.22 Å². The summed E-state index contributed by atoms with van der Waals surface area (Å²) in [6, 6.07) is 17.7. The number of hydrogen-bond acceptors (Lipinski definition) is 4. The maximum absolute atomic E-state index is 12.5. The lowest BCUT2D eigenvalue weighted by Gasteiger charge is -2.25. The van der Waals surface area contributed by atoms with Gasteiger partial charge in [-0.15, -0.1) is 0 Å². The van der Waals surface area contributed by atoms with Gasteiger partial charge in [0.1, 0.15) is 6.33 Å². The molecule has 0 fully saturated rings. The average Bonchev–Trinajstić information content (AvgIpc) is 2.66. The molecule has 1 aromatic heterocycles. The number of aromatic nitrogens is 2. The van der Waals surface area contributed by atoms with E-state index >= 15 is 0 Å². The molecule has 0 spiro atoms. The van der Waals surface area contributed by atoms with Gasteiger partial charge in [0.15, 0.2) is 5.78 Å². The Balaban J connectivity index is 1.60. The molecule has 0 saturated heterocycles. The molecule has 0 radical (unpaired) electrons. The zero-order chi connectivity index (χ0) is 16.8. The maximum atomic E-state index is 12.5. The predicted molar refractivity (Wildman–Crippen MR) is 97.9 cm³/mol. The molecule has 0 amide bonds. The van der Waals surface area contributed by atoms with Gasteiger partial charge in [-0.05, 0) is 28.3 Å². The Morgan fingerprint density at radius 3 is 2.48 bits per heavy atom. The van der Waals surface area contributed by atoms with Crippen molar-refractivity contribution in [3.8, 4) is 0 Å². The fraction of sp³-hybridized carbons (Fsp3) is 0.0952. The second-order valence-corrected chi connectivity index (χ2v) is 6.36. The van der Waals surface area contributed by atoms with E-state index in [-0.39, 0.29) is 5.78 Å². The van der Waals surface area contributed by atoms with Crippen LogP contribution in [-0.4, -0.2) is 27.2 Å². The van der Waals surface area contributed by atoms with Crippen LogP contribution in [0.1, 0.15) is 15.9 Å². The normalized spacial score (nSPS) is 13.2. The van der Waals surface area contributed by atoms with E-state index in [1.165, 1.54) is 10.9 Å². The monoisotopic (exact) mass is 325 g/mol. The number of hydrogen-bond donors (Lipinski definition) is 0. The van der Waals surface area contributed by atoms with Crippen molar-refractivity contribution in [2.45, 2.75) is 6.54 Å². The van der Waals surface area contributed by atoms with E-state index in [0.29, 0.717) is 6.54 Å². The molecule has 0 N–H and O–H groups in total. The number of carbonyl (C=O) groups is 1. The molecule has 0 aliphatic carbocycles. The summed E-state index contributed by atoms with van der Waals surface area (Å²) in [4.78, 5) is 23.4. The minimum absolute atomic E-state index is 0.130. The molecule has 0 atom stereocenters. The van der Waals surface area contributed by atoms with Gasteiger partial charge in [0.2, 0.25) is 0 Å². The van der Waals surface area contributed by atoms with Gasteiger partial charge in [-0.25, -0.2) is 9.97 Å². The summed E-state index contributed by atoms with van der Waals surface area (Å²) in [6.07, 6.45) is 3.69. The highest BCUT2D eigenvalue weighted by atomic mass is 16.1. The second kappa shape index (κ2) is 5.38. The van der Waals surface area contributed by atoms with Crippen molar-refractivity contribution in [3.63, 3.8) is 0 Å². The summed E-state index contributed by atoms with van der Waals surface area (Å²) < 4.78 is 0. The van der Waals surface area contributed by atoms with Gasteiger partial charge in [0.05, 0.1) is 17.6 Å². The van der Waals surface area contributed by atoms with Crippen molar-refractivity contribution in [1.29, 1.82) is 0 Å². The molecule has 120 valence electrons. The lowest BCUT2D eigenvalue weighted by molar-refractivity contribution is 0.0959. The first kappa shape index (κ1) is 14.1. The number of carbonyl (C=O) groups excluding carboxylic acids is 1. The van der Waals surface area contributed by atoms with E-state index in [2.05, 4.69) is 33.2 Å². The summed E-state index contributed by atoms with van der Waals surface area (Å²) in [7, 11) is 0. The van der Waals surface area contributed by atoms with Crippen molar-refractivity contribution in [1.82, 2.24) is 14.9 Å². The Hall–Kier alpha value is -3.27. The van der Waals surface area contributed by atoms with Crippen LogP contribution in [-0.2, 0) is 6.54 Å². The SMILES string of the molecule is O=C(CN1C=c2ccc3ncnc4ccc(c2c43)C1)c1ccccc1. The van der Waals surface area contributed by atoms with E-state index in [0.717, 1.165) is 33.7 Å². The fourth-order valence-electron chi connectivity index (χ4n) is 3.63. The van der Waals surface area contributed by atoms with E-state index in [1.807, 2.05) is 42.5 Å². The Morgan fingerprint density at radius 1 is 0.920 bits per heavy atom. The highest BCUT2D eigenvalue weighted by Crippen LogP contribution is 2.27. The highest BCUT2D eigenvalue weighted by Gasteiger charge is 2.18. The smallest absolute Gasteiger partial charge is 0.182 e. The maximum Gasteiger partial charge on any atom is 0.182 e. The Morgan fingerprint density at radius 2 is 1.68 bits per heavy atom. The van der Waals surface area contributed by atoms with Gasteiger partial charge in [0.25, 0.3) is 0 Å². The van der Waals surface area contributed by atoms with Gasteiger partial charge >= 0.3 is 0 Å². The summed E-state index contributed by atoms with van der Waals surface area (Å²) in [5, 5.41) is 3.44. The number of nitrogens with zero attached hydrogens (tertiary/aromatic N) is 3. The summed E-state index contributed by atoms with van der Waals surface area (Å²) in [5.41, 5.74) is 3.90. The molecule has 1 aliphatic heterocycles. The first-order valence-corrected chi connectivity index (χ1v) is 8.29. The molecule has 3 aromatic carbocycles. The average molecular weight is 325 g/mol. The number of ketones is 1. The molecule has 0 saturated carbocycles. The largest absolute Gasteiger partial charge is 0.365 e. The van der Waals surface area contributed by atoms with Crippen molar-refractivity contribution < 1.29 is 4.79 Å². The van der Waals surface area contributed by atoms with Gasteiger partial charge in [-0.3, -0.25) is 4.79 Å². The van der Waals surface area contributed by atoms with Gasteiger partial charge in [-0.1, -0.05) is 42.5 Å². The number of Topliss-reactive ketones (excluding diaryl/α,β-unsaturated/α-hetero) is 1. The molecule has 25 heavy (non-hydrogen) atoms. The second-order valence-electron chi connectivity index (χ2n) is 6.36. The van der Waals surface area contributed by atoms with Gasteiger partial charge in [-0.2, -0.15) is 0 Å². The molecule has 4 aromatic rings. The quantitative estimate of drug-likeness (QED) is 0.543. The Bertz CT molecular complexity index is 1150. The summed E-state index contributed by atoms with van der Waals surface area (Å²) >= 11 is 0. The van der Waals surface area contributed by atoms with Crippen molar-refractivity contribution in [2.24, 2.45) is 0 Å². The molecular formula is C21H15N3O. The fourth-order valence-corrected chi connectivity index (χ4v) is 3.63. The van der Waals surface area contributed by atoms with Crippen molar-refractivity contribution in [2.75, 3.05) is 6.54 Å². The number of benzene rings is 3. The topological polar surface area (TPSA) is 46.1 Å². The van der Waals surface area contributed by atoms with Crippen molar-refractivity contribution in [3.05, 3.63) is 77.3 Å². The minimum atomic E-state index is 0.130. The van der Waals surface area contributed by atoms with Crippen molar-refractivity contribution >= 4 is 33.8 Å². The molecular weight excluding hydrogens is 310 g/mol. The van der Waals surface area contributed by atoms with E-state index in [4.69, 9.17) is 0 Å². The van der Waals surface area contributed by atoms with Crippen LogP contribution in [0.15, 0.2) is 60.9 Å². The van der Waals surface area contributed by atoms with Crippen LogP contribution in [0.2, 0.25) is 0 Å². The molecule has 0 bridgehead atoms. The third kappa shape index (κ3) is 2.26. The van der Waals surface area contributed by atoms with Gasteiger partial charge < -0.3 is 4.90 Å². The van der Waals surface area contributed by atoms with Crippen LogP contribution in [0.4, 0.5) is 0 Å². The predicted octanol–water partition coefficient (Wildman–Crippen LogP) is 2.94. The van der Waals surface area contributed by atoms with E-state index in [1.54, 1.807) is 6.33 Å². The first-order chi connectivity index (χ1) is 12.3. The van der Waals surface area contributed by atoms with Gasteiger partial charge in [0, 0.05) is 23.7 Å². The lowest BCUT2D eigenvalue weighted by atomic mass is 9.97. The molecule has 4 nitrogen and oxygen atoms in total. The van der Waals surface area contributed by atoms with Crippen LogP contribution in [0, 0.1) is 0 Å². The van der Waals surface area contributed by atoms with E-state index in [9.17, 15) is 4.79 Å². The van der Waals surface area contributed by atoms with Crippen LogP contribution in [0.5, 0.6) is 0 Å². The van der Waals surface area contributed by atoms with Crippen LogP contribution >= 0.6 is 0 Å². The third-order valence-electron chi connectivity index (χ3n) is 4.77. The molecule has 0 unspecified atom stereocenters. The number of rotatable bonds is 3. The summed E-state index contributed by atoms with van der Waals surface area (Å²) in [5.74, 6) is 0.130. The van der Waals surface area contributed by atoms with Crippen LogP contribution in [0.3, 0.4) is 0 Å². The molecule has 2 heterocycles. The standard InChI is InChI=1S/C21H15N3O/c25-19(14-4-2-1-3-5-14)12-24-10-15-6-8-17-21-18(23-13-22-17)9-7-16(11-24)20(15)21/h1-10,13H,11-12H2. The Labute approximate surface area is 144 Å². The highest BCUT2D eigenvalue weighted by molar-refractivity contribution is 6.08.